The van der Waals surface area contributed by atoms with Gasteiger partial charge < -0.3 is 24.4 Å². The Morgan fingerprint density at radius 3 is 2.17 bits per heavy atom. The number of anilines is 3. The number of nitrogens with zero attached hydrogens (tertiary/aromatic N) is 6. The highest BCUT2D eigenvalue weighted by atomic mass is 19.4. The second kappa shape index (κ2) is 14.5. The molecule has 0 spiro atoms. The molecule has 1 amide bonds. The van der Waals surface area contributed by atoms with Gasteiger partial charge in [-0.15, -0.1) is 0 Å². The van der Waals surface area contributed by atoms with E-state index < -0.39 is 54.2 Å². The third-order valence-electron chi connectivity index (χ3n) is 7.82. The Bertz CT molecular complexity index is 1570. The fourth-order valence-electron chi connectivity index (χ4n) is 5.43. The average molecular weight is 685 g/mol. The van der Waals surface area contributed by atoms with Gasteiger partial charge in [-0.05, 0) is 49.6 Å². The van der Waals surface area contributed by atoms with Crippen molar-refractivity contribution in [3.05, 3.63) is 65.1 Å². The predicted molar refractivity (Wildman–Crippen MR) is 162 cm³/mol. The molecule has 0 bridgehead atoms. The van der Waals surface area contributed by atoms with Crippen LogP contribution < -0.4 is 19.4 Å². The molecule has 0 aliphatic carbocycles. The maximum Gasteiger partial charge on any atom is 0.416 e. The van der Waals surface area contributed by atoms with E-state index in [0.29, 0.717) is 29.9 Å². The van der Waals surface area contributed by atoms with Crippen LogP contribution in [0.15, 0.2) is 42.7 Å². The Kier molecular flexibility index (Phi) is 10.9. The van der Waals surface area contributed by atoms with Gasteiger partial charge >= 0.3 is 24.4 Å². The molecule has 4 rings (SSSR count). The van der Waals surface area contributed by atoms with Crippen molar-refractivity contribution in [3.8, 4) is 5.88 Å². The fraction of sp³-hybridized carbons (Fsp3) is 0.452. The number of fused-ring (bicyclic) bond motifs is 1. The lowest BCUT2D eigenvalue weighted by atomic mass is 9.92. The summed E-state index contributed by atoms with van der Waals surface area (Å²) in [6.07, 6.45) is -7.70. The number of rotatable bonds is 11. The normalized spacial score (nSPS) is 16.2. The summed E-state index contributed by atoms with van der Waals surface area (Å²) in [7, 11) is 2.98. The van der Waals surface area contributed by atoms with Crippen molar-refractivity contribution in [2.75, 3.05) is 42.0 Å². The van der Waals surface area contributed by atoms with E-state index in [-0.39, 0.29) is 55.1 Å². The van der Waals surface area contributed by atoms with Gasteiger partial charge in [-0.1, -0.05) is 6.92 Å². The summed E-state index contributed by atoms with van der Waals surface area (Å²) in [6, 6.07) is 3.04. The highest BCUT2D eigenvalue weighted by Crippen LogP contribution is 2.44. The number of aliphatic carboxylic acids is 1. The van der Waals surface area contributed by atoms with Crippen LogP contribution in [0.25, 0.3) is 0 Å². The topological polar surface area (TPSA) is 121 Å². The fourth-order valence-corrected chi connectivity index (χ4v) is 5.43. The van der Waals surface area contributed by atoms with Gasteiger partial charge in [0.2, 0.25) is 11.8 Å². The van der Waals surface area contributed by atoms with Gasteiger partial charge in [0.05, 0.1) is 66.8 Å². The average Bonchev–Trinajstić information content (AvgIpc) is 3.04. The lowest BCUT2D eigenvalue weighted by Gasteiger charge is -2.43. The molecule has 11 nitrogen and oxygen atoms in total. The van der Waals surface area contributed by atoms with Crippen LogP contribution in [0.1, 0.15) is 61.5 Å². The van der Waals surface area contributed by atoms with Crippen molar-refractivity contribution in [2.24, 2.45) is 0 Å². The first kappa shape index (κ1) is 36.0. The smallest absolute Gasteiger partial charge is 0.416 e. The zero-order valence-corrected chi connectivity index (χ0v) is 26.5. The summed E-state index contributed by atoms with van der Waals surface area (Å²) in [4.78, 5) is 42.0. The Hall–Kier alpha value is -4.83. The van der Waals surface area contributed by atoms with Gasteiger partial charge in [0.25, 0.3) is 0 Å². The number of aromatic nitrogens is 3. The number of hydrogen-bond donors (Lipinski definition) is 1. The van der Waals surface area contributed by atoms with E-state index >= 15 is 0 Å². The number of pyridine rings is 1. The van der Waals surface area contributed by atoms with E-state index in [9.17, 15) is 35.9 Å². The van der Waals surface area contributed by atoms with Crippen molar-refractivity contribution in [3.63, 3.8) is 0 Å². The van der Waals surface area contributed by atoms with Crippen LogP contribution in [-0.2, 0) is 28.4 Å². The molecule has 3 heterocycles. The van der Waals surface area contributed by atoms with Gasteiger partial charge in [-0.25, -0.2) is 19.7 Å². The predicted octanol–water partition coefficient (Wildman–Crippen LogP) is 6.72. The zero-order valence-electron chi connectivity index (χ0n) is 26.5. The molecule has 17 heteroatoms. The summed E-state index contributed by atoms with van der Waals surface area (Å²) >= 11 is 0. The van der Waals surface area contributed by atoms with Crippen LogP contribution in [0.4, 0.5) is 48.5 Å². The van der Waals surface area contributed by atoms with Gasteiger partial charge in [-0.2, -0.15) is 26.3 Å². The van der Waals surface area contributed by atoms with Crippen LogP contribution in [-0.4, -0.2) is 65.5 Å². The molecule has 0 saturated heterocycles. The third kappa shape index (κ3) is 8.17. The molecule has 1 aromatic carbocycles. The monoisotopic (exact) mass is 684 g/mol. The van der Waals surface area contributed by atoms with Crippen LogP contribution >= 0.6 is 0 Å². The van der Waals surface area contributed by atoms with Crippen LogP contribution in [0, 0.1) is 0 Å². The molecular weight excluding hydrogens is 650 g/mol. The summed E-state index contributed by atoms with van der Waals surface area (Å²) in [5, 5.41) is 9.04. The number of carboxylic acid groups (broad SMARTS) is 1. The molecule has 0 fully saturated rings. The second-order valence-electron chi connectivity index (χ2n) is 11.0. The summed E-state index contributed by atoms with van der Waals surface area (Å²) < 4.78 is 93.6. The SMILES string of the molecule is CCOC(=O)N1c2ccc(OC)nc2C(N(Cc2cc(C(F)(F)F)cc(C(F)(F)F)c2)c2ncc(N(C)CCC(=O)O)cn2)C[C@H]1CC. The number of carbonyl (C=O) groups is 2. The molecule has 1 unspecified atom stereocenters. The second-order valence-corrected chi connectivity index (χ2v) is 11.0. The standard InChI is InChI=1S/C31H34F6N6O5/c1-5-21-14-24(27-23(7-8-25(40-27)47-4)43(21)29(46)48-6-2)42(28-38-15-22(16-39-28)41(3)10-9-26(44)45)17-18-11-19(30(32,33)34)13-20(12-18)31(35,36)37/h7-8,11-13,15-16,21,24H,5-6,9-10,14,17H2,1-4H3,(H,44,45)/t21-,24?/m1/s1. The molecular formula is C31H34F6N6O5. The van der Waals surface area contributed by atoms with Crippen LogP contribution in [0.3, 0.4) is 0 Å². The maximum absolute atomic E-state index is 13.8. The summed E-state index contributed by atoms with van der Waals surface area (Å²) in [5.74, 6) is -0.935. The van der Waals surface area contributed by atoms with E-state index in [1.165, 1.54) is 35.4 Å². The first-order chi connectivity index (χ1) is 22.6. The van der Waals surface area contributed by atoms with Crippen molar-refractivity contribution in [1.29, 1.82) is 0 Å². The maximum atomic E-state index is 13.8. The highest BCUT2D eigenvalue weighted by molar-refractivity contribution is 5.90. The van der Waals surface area contributed by atoms with E-state index in [2.05, 4.69) is 15.0 Å². The molecule has 2 atom stereocenters. The minimum atomic E-state index is -5.07. The molecule has 1 aliphatic rings. The molecule has 1 N–H and O–H groups in total. The first-order valence-electron chi connectivity index (χ1n) is 14.9. The molecule has 0 saturated carbocycles. The largest absolute Gasteiger partial charge is 0.481 e. The Morgan fingerprint density at radius 2 is 1.65 bits per heavy atom. The number of amides is 1. The number of carbonyl (C=O) groups excluding carboxylic acids is 1. The highest BCUT2D eigenvalue weighted by Gasteiger charge is 2.42. The van der Waals surface area contributed by atoms with E-state index in [1.54, 1.807) is 24.9 Å². The Morgan fingerprint density at radius 1 is 1.02 bits per heavy atom. The van der Waals surface area contributed by atoms with Gasteiger partial charge in [0.1, 0.15) is 0 Å². The number of ether oxygens (including phenoxy) is 2. The van der Waals surface area contributed by atoms with E-state index in [4.69, 9.17) is 14.6 Å². The number of halogens is 6. The van der Waals surface area contributed by atoms with E-state index in [0.717, 1.165) is 0 Å². The number of hydrogen-bond acceptors (Lipinski definition) is 9. The minimum absolute atomic E-state index is 0.0543. The molecule has 0 radical (unpaired) electrons. The summed E-state index contributed by atoms with van der Waals surface area (Å²) in [6.45, 7) is 3.15. The quantitative estimate of drug-likeness (QED) is 0.218. The molecule has 2 aromatic heterocycles. The summed E-state index contributed by atoms with van der Waals surface area (Å²) in [5.41, 5.74) is -2.32. The number of carboxylic acids is 1. The minimum Gasteiger partial charge on any atom is -0.481 e. The van der Waals surface area contributed by atoms with Gasteiger partial charge in [0, 0.05) is 32.2 Å². The lowest BCUT2D eigenvalue weighted by molar-refractivity contribution is -0.143. The molecule has 48 heavy (non-hydrogen) atoms. The molecule has 260 valence electrons. The number of alkyl halides is 6. The Balaban J connectivity index is 1.90. The van der Waals surface area contributed by atoms with Crippen LogP contribution in [0.5, 0.6) is 5.88 Å². The van der Waals surface area contributed by atoms with E-state index in [1.807, 2.05) is 6.92 Å². The van der Waals surface area contributed by atoms with Crippen molar-refractivity contribution in [2.45, 2.75) is 64.1 Å². The lowest BCUT2D eigenvalue weighted by Crippen LogP contribution is -2.48. The van der Waals surface area contributed by atoms with Crippen LogP contribution in [0.2, 0.25) is 0 Å². The Labute approximate surface area is 272 Å². The third-order valence-corrected chi connectivity index (χ3v) is 7.82. The van der Waals surface area contributed by atoms with Gasteiger partial charge in [-0.3, -0.25) is 9.69 Å². The number of methoxy groups -OCH3 is 1. The molecule has 1 aliphatic heterocycles. The van der Waals surface area contributed by atoms with Crippen molar-refractivity contribution in [1.82, 2.24) is 15.0 Å². The zero-order chi connectivity index (χ0) is 35.4. The molecule has 3 aromatic rings. The van der Waals surface area contributed by atoms with Gasteiger partial charge in [0.15, 0.2) is 0 Å². The first-order valence-corrected chi connectivity index (χ1v) is 14.9. The number of benzene rings is 1. The van der Waals surface area contributed by atoms with Crippen molar-refractivity contribution < 1.29 is 50.5 Å². The van der Waals surface area contributed by atoms with Crippen molar-refractivity contribution >= 4 is 29.4 Å².